The largest absolute Gasteiger partial charge is 0.383 e. The Bertz CT molecular complexity index is 1180. The smallest absolute Gasteiger partial charge is 0.131 e. The molecule has 2 aromatic heterocycles. The highest BCUT2D eigenvalue weighted by atomic mass is 19.1. The van der Waals surface area contributed by atoms with Crippen LogP contribution in [0.3, 0.4) is 0 Å². The van der Waals surface area contributed by atoms with Gasteiger partial charge in [0.15, 0.2) is 0 Å². The minimum Gasteiger partial charge on any atom is -0.383 e. The summed E-state index contributed by atoms with van der Waals surface area (Å²) >= 11 is 0. The van der Waals surface area contributed by atoms with Gasteiger partial charge in [-0.05, 0) is 60.6 Å². The number of aromatic nitrogens is 3. The van der Waals surface area contributed by atoms with Crippen molar-refractivity contribution >= 4 is 16.6 Å². The van der Waals surface area contributed by atoms with Crippen LogP contribution >= 0.6 is 0 Å². The van der Waals surface area contributed by atoms with Crippen LogP contribution in [0.1, 0.15) is 18.9 Å². The number of hydrogen-bond donors (Lipinski definition) is 2. The zero-order valence-corrected chi connectivity index (χ0v) is 16.0. The molecule has 3 N–H and O–H groups in total. The molecule has 2 aromatic carbocycles. The standard InChI is InChI=1S/C23H22FN5/c24-18-3-1-2-15(10-18)16-4-5-20-21(11-16)23(25)27-13-22(20)17-12-28-29(14-17)19-6-8-26-9-7-19/h1-5,10-14,19,26H,6-9H2,(H2,25,27). The number of benzene rings is 2. The fraction of sp³-hybridized carbons (Fsp3) is 0.217. The highest BCUT2D eigenvalue weighted by Gasteiger charge is 2.17. The van der Waals surface area contributed by atoms with Gasteiger partial charge in [-0.3, -0.25) is 4.68 Å². The van der Waals surface area contributed by atoms with E-state index >= 15 is 0 Å². The molecule has 1 aliphatic heterocycles. The molecule has 0 saturated carbocycles. The van der Waals surface area contributed by atoms with Crippen molar-refractivity contribution in [2.24, 2.45) is 0 Å². The number of pyridine rings is 1. The summed E-state index contributed by atoms with van der Waals surface area (Å²) in [6.45, 7) is 2.05. The Morgan fingerprint density at radius 1 is 0.966 bits per heavy atom. The van der Waals surface area contributed by atoms with Crippen LogP contribution in [-0.4, -0.2) is 27.9 Å². The van der Waals surface area contributed by atoms with Crippen LogP contribution in [0.4, 0.5) is 10.2 Å². The maximum atomic E-state index is 13.6. The monoisotopic (exact) mass is 387 g/mol. The zero-order chi connectivity index (χ0) is 19.8. The van der Waals surface area contributed by atoms with Gasteiger partial charge in [-0.15, -0.1) is 0 Å². The van der Waals surface area contributed by atoms with E-state index in [1.54, 1.807) is 6.07 Å². The van der Waals surface area contributed by atoms with Crippen molar-refractivity contribution < 1.29 is 4.39 Å². The maximum absolute atomic E-state index is 13.6. The van der Waals surface area contributed by atoms with Crippen molar-refractivity contribution in [1.29, 1.82) is 0 Å². The van der Waals surface area contributed by atoms with Crippen LogP contribution in [0.15, 0.2) is 61.1 Å². The summed E-state index contributed by atoms with van der Waals surface area (Å²) in [6.07, 6.45) is 7.97. The molecular weight excluding hydrogens is 365 g/mol. The number of rotatable bonds is 3. The number of nitrogens with one attached hydrogen (secondary N) is 1. The number of nitrogens with two attached hydrogens (primary N) is 1. The fourth-order valence-corrected chi connectivity index (χ4v) is 4.09. The summed E-state index contributed by atoms with van der Waals surface area (Å²) in [6, 6.07) is 13.0. The first-order chi connectivity index (χ1) is 14.2. The Balaban J connectivity index is 1.57. The van der Waals surface area contributed by atoms with E-state index in [0.717, 1.165) is 59.0 Å². The van der Waals surface area contributed by atoms with Crippen LogP contribution in [0.2, 0.25) is 0 Å². The minimum absolute atomic E-state index is 0.257. The summed E-state index contributed by atoms with van der Waals surface area (Å²) in [5, 5.41) is 9.87. The molecule has 0 unspecified atom stereocenters. The molecule has 29 heavy (non-hydrogen) atoms. The number of fused-ring (bicyclic) bond motifs is 1. The number of hydrogen-bond acceptors (Lipinski definition) is 4. The van der Waals surface area contributed by atoms with E-state index < -0.39 is 0 Å². The second kappa shape index (κ2) is 7.29. The topological polar surface area (TPSA) is 68.8 Å². The van der Waals surface area contributed by atoms with E-state index in [2.05, 4.69) is 26.3 Å². The normalized spacial score (nSPS) is 15.1. The second-order valence-electron chi connectivity index (χ2n) is 7.52. The number of anilines is 1. The van der Waals surface area contributed by atoms with Crippen LogP contribution in [0, 0.1) is 5.82 Å². The molecule has 0 amide bonds. The maximum Gasteiger partial charge on any atom is 0.131 e. The molecule has 3 heterocycles. The van der Waals surface area contributed by atoms with Gasteiger partial charge in [0, 0.05) is 28.9 Å². The van der Waals surface area contributed by atoms with Gasteiger partial charge in [0.1, 0.15) is 11.6 Å². The van der Waals surface area contributed by atoms with Gasteiger partial charge in [0.2, 0.25) is 0 Å². The second-order valence-corrected chi connectivity index (χ2v) is 7.52. The van der Waals surface area contributed by atoms with Gasteiger partial charge in [-0.2, -0.15) is 5.10 Å². The Hall–Kier alpha value is -3.25. The lowest BCUT2D eigenvalue weighted by Gasteiger charge is -2.22. The van der Waals surface area contributed by atoms with E-state index in [4.69, 9.17) is 5.73 Å². The third kappa shape index (κ3) is 3.36. The number of nitrogens with zero attached hydrogens (tertiary/aromatic N) is 3. The van der Waals surface area contributed by atoms with Crippen LogP contribution in [-0.2, 0) is 0 Å². The predicted octanol–water partition coefficient (Wildman–Crippen LogP) is 4.41. The van der Waals surface area contributed by atoms with Crippen LogP contribution in [0.25, 0.3) is 33.0 Å². The molecule has 0 atom stereocenters. The lowest BCUT2D eigenvalue weighted by Crippen LogP contribution is -2.29. The molecule has 6 heteroatoms. The highest BCUT2D eigenvalue weighted by molar-refractivity contribution is 6.02. The first kappa shape index (κ1) is 17.8. The molecule has 1 saturated heterocycles. The molecule has 5 nitrogen and oxygen atoms in total. The average molecular weight is 387 g/mol. The van der Waals surface area contributed by atoms with Crippen LogP contribution in [0.5, 0.6) is 0 Å². The van der Waals surface area contributed by atoms with Crippen LogP contribution < -0.4 is 11.1 Å². The van der Waals surface area contributed by atoms with Crippen molar-refractivity contribution in [1.82, 2.24) is 20.1 Å². The molecule has 0 bridgehead atoms. The van der Waals surface area contributed by atoms with Crippen molar-refractivity contribution in [2.75, 3.05) is 18.8 Å². The van der Waals surface area contributed by atoms with E-state index in [1.165, 1.54) is 12.1 Å². The fourth-order valence-electron chi connectivity index (χ4n) is 4.09. The summed E-state index contributed by atoms with van der Waals surface area (Å²) in [5.74, 6) is 0.209. The number of nitrogen functional groups attached to an aromatic ring is 1. The van der Waals surface area contributed by atoms with E-state index in [-0.39, 0.29) is 5.82 Å². The summed E-state index contributed by atoms with van der Waals surface area (Å²) in [7, 11) is 0. The molecule has 146 valence electrons. The Morgan fingerprint density at radius 2 is 1.79 bits per heavy atom. The Kier molecular flexibility index (Phi) is 4.48. The summed E-state index contributed by atoms with van der Waals surface area (Å²) in [5.41, 5.74) is 9.94. The average Bonchev–Trinajstić information content (AvgIpc) is 3.25. The molecule has 1 aliphatic rings. The van der Waals surface area contributed by atoms with Gasteiger partial charge >= 0.3 is 0 Å². The molecule has 5 rings (SSSR count). The van der Waals surface area contributed by atoms with Crippen molar-refractivity contribution in [3.8, 4) is 22.3 Å². The van der Waals surface area contributed by atoms with E-state index in [0.29, 0.717) is 11.9 Å². The quantitative estimate of drug-likeness (QED) is 0.546. The Morgan fingerprint density at radius 3 is 2.62 bits per heavy atom. The summed E-state index contributed by atoms with van der Waals surface area (Å²) in [4.78, 5) is 4.41. The third-order valence-electron chi connectivity index (χ3n) is 5.67. The van der Waals surface area contributed by atoms with Gasteiger partial charge < -0.3 is 11.1 Å². The molecular formula is C23H22FN5. The lowest BCUT2D eigenvalue weighted by molar-refractivity contribution is 0.343. The van der Waals surface area contributed by atoms with Gasteiger partial charge in [-0.25, -0.2) is 9.37 Å². The van der Waals surface area contributed by atoms with E-state index in [1.807, 2.05) is 36.7 Å². The van der Waals surface area contributed by atoms with Gasteiger partial charge in [0.05, 0.1) is 12.2 Å². The lowest BCUT2D eigenvalue weighted by atomic mass is 9.98. The minimum atomic E-state index is -0.257. The molecule has 0 spiro atoms. The molecule has 0 aliphatic carbocycles. The van der Waals surface area contributed by atoms with Gasteiger partial charge in [-0.1, -0.05) is 24.3 Å². The predicted molar refractivity (Wildman–Crippen MR) is 114 cm³/mol. The molecule has 0 radical (unpaired) electrons. The first-order valence-electron chi connectivity index (χ1n) is 9.88. The number of halogens is 1. The van der Waals surface area contributed by atoms with Gasteiger partial charge in [0.25, 0.3) is 0 Å². The zero-order valence-electron chi connectivity index (χ0n) is 16.0. The molecule has 1 fully saturated rings. The highest BCUT2D eigenvalue weighted by Crippen LogP contribution is 2.34. The van der Waals surface area contributed by atoms with Crippen molar-refractivity contribution in [3.05, 3.63) is 66.9 Å². The summed E-state index contributed by atoms with van der Waals surface area (Å²) < 4.78 is 15.7. The SMILES string of the molecule is Nc1ncc(-c2cnn(C3CCNCC3)c2)c2ccc(-c3cccc(F)c3)cc12. The number of piperidine rings is 1. The van der Waals surface area contributed by atoms with Crippen molar-refractivity contribution in [3.63, 3.8) is 0 Å². The molecule has 4 aromatic rings. The first-order valence-corrected chi connectivity index (χ1v) is 9.88. The Labute approximate surface area is 168 Å². The van der Waals surface area contributed by atoms with E-state index in [9.17, 15) is 4.39 Å². The van der Waals surface area contributed by atoms with Crippen molar-refractivity contribution in [2.45, 2.75) is 18.9 Å². The third-order valence-corrected chi connectivity index (χ3v) is 5.67.